The van der Waals surface area contributed by atoms with Gasteiger partial charge in [-0.15, -0.1) is 0 Å². The molecule has 0 aliphatic carbocycles. The van der Waals surface area contributed by atoms with Crippen LogP contribution in [0.25, 0.3) is 0 Å². The van der Waals surface area contributed by atoms with Crippen LogP contribution in [-0.2, 0) is 4.79 Å². The van der Waals surface area contributed by atoms with E-state index in [1.54, 1.807) is 0 Å². The van der Waals surface area contributed by atoms with Gasteiger partial charge in [-0.3, -0.25) is 15.0 Å². The lowest BCUT2D eigenvalue weighted by molar-refractivity contribution is -0.131. The van der Waals surface area contributed by atoms with E-state index in [-0.39, 0.29) is 11.9 Å². The van der Waals surface area contributed by atoms with Gasteiger partial charge in [0.15, 0.2) is 0 Å². The Morgan fingerprint density at radius 3 is 3.00 bits per heavy atom. The molecule has 2 saturated heterocycles. The zero-order valence-electron chi connectivity index (χ0n) is 11.1. The second-order valence-electron chi connectivity index (χ2n) is 5.10. The highest BCUT2D eigenvalue weighted by Gasteiger charge is 2.38. The van der Waals surface area contributed by atoms with Crippen LogP contribution in [0.2, 0.25) is 0 Å². The number of nitrogens with one attached hydrogen (secondary N) is 2. The number of amides is 1. The number of carbonyl (C=O) groups is 1. The van der Waals surface area contributed by atoms with Crippen LogP contribution in [-0.4, -0.2) is 60.8 Å². The molecule has 0 aromatic rings. The Hall–Kier alpha value is -0.650. The molecule has 5 nitrogen and oxygen atoms in total. The normalized spacial score (nSPS) is 33.1. The lowest BCUT2D eigenvalue weighted by Gasteiger charge is -2.44. The first-order chi connectivity index (χ1) is 8.15. The van der Waals surface area contributed by atoms with Crippen molar-refractivity contribution >= 4 is 5.91 Å². The van der Waals surface area contributed by atoms with Crippen LogP contribution >= 0.6 is 0 Å². The summed E-state index contributed by atoms with van der Waals surface area (Å²) in [7, 11) is 1.93. The molecule has 3 unspecified atom stereocenters. The van der Waals surface area contributed by atoms with Gasteiger partial charge >= 0.3 is 0 Å². The highest BCUT2D eigenvalue weighted by molar-refractivity contribution is 5.76. The van der Waals surface area contributed by atoms with Gasteiger partial charge in [0.05, 0.1) is 12.2 Å². The van der Waals surface area contributed by atoms with Crippen LogP contribution in [0.5, 0.6) is 0 Å². The highest BCUT2D eigenvalue weighted by atomic mass is 16.2. The number of rotatable bonds is 2. The smallest absolute Gasteiger partial charge is 0.223 e. The second kappa shape index (κ2) is 5.33. The molecule has 2 N–H and O–H groups in total. The molecule has 3 atom stereocenters. The summed E-state index contributed by atoms with van der Waals surface area (Å²) in [6, 6.07) is 0.764. The van der Waals surface area contributed by atoms with Crippen molar-refractivity contribution in [2.45, 2.75) is 44.9 Å². The zero-order valence-corrected chi connectivity index (χ0v) is 11.1. The van der Waals surface area contributed by atoms with Gasteiger partial charge in [0.2, 0.25) is 5.91 Å². The van der Waals surface area contributed by atoms with Crippen LogP contribution in [0.1, 0.15) is 26.7 Å². The summed E-state index contributed by atoms with van der Waals surface area (Å²) in [5.41, 5.74) is 0. The topological polar surface area (TPSA) is 47.6 Å². The van der Waals surface area contributed by atoms with Gasteiger partial charge in [0.1, 0.15) is 0 Å². The molecule has 1 amide bonds. The molecule has 0 saturated carbocycles. The van der Waals surface area contributed by atoms with E-state index < -0.39 is 0 Å². The standard InChI is InChI=1S/C12H24N4O/c1-4-9(2)16-6-5-11(17)15(3)10-7-13-8-14-12(10)16/h9-10,12-14H,4-8H2,1-3H3. The summed E-state index contributed by atoms with van der Waals surface area (Å²) in [6.45, 7) is 7.03. The van der Waals surface area contributed by atoms with E-state index in [2.05, 4.69) is 29.4 Å². The van der Waals surface area contributed by atoms with Crippen LogP contribution in [0.4, 0.5) is 0 Å². The first kappa shape index (κ1) is 12.8. The Balaban J connectivity index is 2.20. The largest absolute Gasteiger partial charge is 0.339 e. The summed E-state index contributed by atoms with van der Waals surface area (Å²) >= 11 is 0. The molecule has 98 valence electrons. The molecule has 17 heavy (non-hydrogen) atoms. The monoisotopic (exact) mass is 240 g/mol. The van der Waals surface area contributed by atoms with E-state index in [4.69, 9.17) is 0 Å². The molecule has 0 radical (unpaired) electrons. The van der Waals surface area contributed by atoms with Gasteiger partial charge in [-0.2, -0.15) is 0 Å². The Bertz CT molecular complexity index is 284. The lowest BCUT2D eigenvalue weighted by Crippen LogP contribution is -2.66. The Morgan fingerprint density at radius 1 is 1.53 bits per heavy atom. The van der Waals surface area contributed by atoms with E-state index in [0.717, 1.165) is 26.2 Å². The average molecular weight is 240 g/mol. The summed E-state index contributed by atoms with van der Waals surface area (Å²) in [6.07, 6.45) is 2.05. The molecule has 0 bridgehead atoms. The third kappa shape index (κ3) is 2.46. The van der Waals surface area contributed by atoms with Crippen molar-refractivity contribution in [1.29, 1.82) is 0 Å². The molecule has 2 heterocycles. The molecular weight excluding hydrogens is 216 g/mol. The summed E-state index contributed by atoms with van der Waals surface area (Å²) < 4.78 is 0. The van der Waals surface area contributed by atoms with Gasteiger partial charge in [-0.05, 0) is 13.3 Å². The van der Waals surface area contributed by atoms with E-state index in [0.29, 0.717) is 18.6 Å². The number of likely N-dealkylation sites (N-methyl/N-ethyl adjacent to an activating group) is 1. The van der Waals surface area contributed by atoms with Crippen molar-refractivity contribution in [3.63, 3.8) is 0 Å². The number of fused-ring (bicyclic) bond motifs is 1. The Labute approximate surface area is 104 Å². The van der Waals surface area contributed by atoms with Crippen LogP contribution in [0, 0.1) is 0 Å². The molecule has 2 fully saturated rings. The molecule has 2 aliphatic heterocycles. The van der Waals surface area contributed by atoms with Crippen LogP contribution in [0.3, 0.4) is 0 Å². The Kier molecular flexibility index (Phi) is 4.01. The summed E-state index contributed by atoms with van der Waals surface area (Å²) in [5, 5.41) is 6.81. The fourth-order valence-corrected chi connectivity index (χ4v) is 2.79. The molecule has 2 rings (SSSR count). The maximum absolute atomic E-state index is 12.0. The Morgan fingerprint density at radius 2 is 2.29 bits per heavy atom. The van der Waals surface area contributed by atoms with Crippen molar-refractivity contribution < 1.29 is 4.79 Å². The fourth-order valence-electron chi connectivity index (χ4n) is 2.79. The lowest BCUT2D eigenvalue weighted by atomic mass is 10.1. The maximum Gasteiger partial charge on any atom is 0.223 e. The number of nitrogens with zero attached hydrogens (tertiary/aromatic N) is 2. The van der Waals surface area contributed by atoms with Crippen molar-refractivity contribution in [1.82, 2.24) is 20.4 Å². The predicted molar refractivity (Wildman–Crippen MR) is 67.4 cm³/mol. The number of hydrogen-bond donors (Lipinski definition) is 2. The summed E-state index contributed by atoms with van der Waals surface area (Å²) in [4.78, 5) is 16.3. The first-order valence-electron chi connectivity index (χ1n) is 6.60. The molecule has 0 aromatic carbocycles. The van der Waals surface area contributed by atoms with E-state index in [9.17, 15) is 4.79 Å². The van der Waals surface area contributed by atoms with Crippen molar-refractivity contribution in [2.75, 3.05) is 26.8 Å². The molecule has 5 heteroatoms. The molecule has 0 aromatic heterocycles. The summed E-state index contributed by atoms with van der Waals surface area (Å²) in [5.74, 6) is 0.260. The van der Waals surface area contributed by atoms with Gasteiger partial charge in [-0.1, -0.05) is 6.92 Å². The SMILES string of the molecule is CCC(C)N1CCC(=O)N(C)C2CNCNC21. The third-order valence-corrected chi connectivity index (χ3v) is 4.14. The highest BCUT2D eigenvalue weighted by Crippen LogP contribution is 2.19. The van der Waals surface area contributed by atoms with Gasteiger partial charge in [0, 0.05) is 39.3 Å². The minimum atomic E-state index is 0.243. The molecular formula is C12H24N4O. The first-order valence-corrected chi connectivity index (χ1v) is 6.60. The van der Waals surface area contributed by atoms with Crippen molar-refractivity contribution in [2.24, 2.45) is 0 Å². The maximum atomic E-state index is 12.0. The molecule has 2 aliphatic rings. The third-order valence-electron chi connectivity index (χ3n) is 4.14. The van der Waals surface area contributed by atoms with E-state index in [1.807, 2.05) is 11.9 Å². The van der Waals surface area contributed by atoms with Crippen LogP contribution < -0.4 is 10.6 Å². The zero-order chi connectivity index (χ0) is 12.4. The van der Waals surface area contributed by atoms with E-state index >= 15 is 0 Å². The fraction of sp³-hybridized carbons (Fsp3) is 0.917. The second-order valence-corrected chi connectivity index (χ2v) is 5.10. The number of carbonyl (C=O) groups excluding carboxylic acids is 1. The van der Waals surface area contributed by atoms with Crippen molar-refractivity contribution in [3.8, 4) is 0 Å². The molecule has 0 spiro atoms. The minimum Gasteiger partial charge on any atom is -0.339 e. The van der Waals surface area contributed by atoms with Gasteiger partial charge in [0.25, 0.3) is 0 Å². The number of hydrogen-bond acceptors (Lipinski definition) is 4. The van der Waals surface area contributed by atoms with Crippen LogP contribution in [0.15, 0.2) is 0 Å². The van der Waals surface area contributed by atoms with Gasteiger partial charge in [-0.25, -0.2) is 0 Å². The van der Waals surface area contributed by atoms with E-state index in [1.165, 1.54) is 0 Å². The quantitative estimate of drug-likeness (QED) is 0.701. The van der Waals surface area contributed by atoms with Gasteiger partial charge < -0.3 is 10.2 Å². The average Bonchev–Trinajstić information content (AvgIpc) is 2.49. The van der Waals surface area contributed by atoms with Crippen molar-refractivity contribution in [3.05, 3.63) is 0 Å². The minimum absolute atomic E-state index is 0.243. The predicted octanol–water partition coefficient (Wildman–Crippen LogP) is -0.206.